The van der Waals surface area contributed by atoms with E-state index >= 15 is 0 Å². The zero-order valence-electron chi connectivity index (χ0n) is 8.41. The summed E-state index contributed by atoms with van der Waals surface area (Å²) in [4.78, 5) is 9.58. The molecule has 0 bridgehead atoms. The fourth-order valence-corrected chi connectivity index (χ4v) is 2.19. The first-order valence-corrected chi connectivity index (χ1v) is 5.71. The van der Waals surface area contributed by atoms with Crippen molar-refractivity contribution >= 4 is 47.5 Å². The number of imidazole rings is 1. The maximum absolute atomic E-state index is 6.17. The number of aromatic amines is 1. The molecule has 0 atom stereocenters. The van der Waals surface area contributed by atoms with Crippen molar-refractivity contribution in [3.63, 3.8) is 0 Å². The average molecular weight is 274 g/mol. The first-order chi connectivity index (χ1) is 7.61. The quantitative estimate of drug-likeness (QED) is 0.817. The van der Waals surface area contributed by atoms with Crippen molar-refractivity contribution in [1.82, 2.24) is 9.97 Å². The summed E-state index contributed by atoms with van der Waals surface area (Å²) in [5.74, 6) is 0.669. The molecule has 3 nitrogen and oxygen atoms in total. The molecule has 16 heavy (non-hydrogen) atoms. The first-order valence-electron chi connectivity index (χ1n) is 4.51. The molecule has 0 radical (unpaired) electrons. The Kier molecular flexibility index (Phi) is 3.33. The molecule has 1 N–H and O–H groups in total. The van der Waals surface area contributed by atoms with E-state index in [1.165, 1.54) is 0 Å². The fraction of sp³-hybridized carbons (Fsp3) is 0.100. The topological polar surface area (TPSA) is 31.9 Å². The Morgan fingerprint density at radius 2 is 2.12 bits per heavy atom. The molecule has 1 aromatic carbocycles. The molecule has 0 aliphatic rings. The lowest BCUT2D eigenvalue weighted by molar-refractivity contribution is 1.09. The Bertz CT molecular complexity index is 499. The van der Waals surface area contributed by atoms with Crippen LogP contribution in [-0.4, -0.2) is 17.0 Å². The standard InChI is InChI=1S/C10H9Cl2N3S/c1-15(10-13-4-5-14-10)9-6(11)2-3-7(16)8(9)12/h2-5,16H,1H3,(H,13,14). The van der Waals surface area contributed by atoms with Crippen molar-refractivity contribution in [2.24, 2.45) is 0 Å². The number of anilines is 2. The zero-order valence-corrected chi connectivity index (χ0v) is 10.8. The van der Waals surface area contributed by atoms with E-state index in [0.29, 0.717) is 26.6 Å². The predicted octanol–water partition coefficient (Wildman–Crippen LogP) is 3.77. The van der Waals surface area contributed by atoms with Crippen molar-refractivity contribution in [2.75, 3.05) is 11.9 Å². The van der Waals surface area contributed by atoms with Crippen LogP contribution in [0.25, 0.3) is 0 Å². The van der Waals surface area contributed by atoms with Crippen molar-refractivity contribution in [1.29, 1.82) is 0 Å². The molecule has 0 saturated heterocycles. The van der Waals surface area contributed by atoms with Crippen LogP contribution in [0, 0.1) is 0 Å². The minimum atomic E-state index is 0.509. The van der Waals surface area contributed by atoms with Gasteiger partial charge in [-0.2, -0.15) is 0 Å². The van der Waals surface area contributed by atoms with Gasteiger partial charge >= 0.3 is 0 Å². The third kappa shape index (κ3) is 2.00. The Balaban J connectivity index is 2.52. The molecule has 0 amide bonds. The van der Waals surface area contributed by atoms with Crippen LogP contribution >= 0.6 is 35.8 Å². The van der Waals surface area contributed by atoms with Crippen LogP contribution in [0.1, 0.15) is 0 Å². The molecule has 0 saturated carbocycles. The lowest BCUT2D eigenvalue weighted by atomic mass is 10.3. The molecule has 0 fully saturated rings. The van der Waals surface area contributed by atoms with Crippen molar-refractivity contribution < 1.29 is 0 Å². The third-order valence-electron chi connectivity index (χ3n) is 2.18. The van der Waals surface area contributed by atoms with E-state index in [1.54, 1.807) is 29.4 Å². The number of thiol groups is 1. The first kappa shape index (κ1) is 11.6. The molecule has 0 spiro atoms. The Morgan fingerprint density at radius 3 is 2.75 bits per heavy atom. The van der Waals surface area contributed by atoms with E-state index in [1.807, 2.05) is 7.05 Å². The summed E-state index contributed by atoms with van der Waals surface area (Å²) in [5.41, 5.74) is 0.686. The van der Waals surface area contributed by atoms with Gasteiger partial charge in [0, 0.05) is 24.3 Å². The maximum Gasteiger partial charge on any atom is 0.207 e. The second-order valence-electron chi connectivity index (χ2n) is 3.20. The van der Waals surface area contributed by atoms with E-state index in [9.17, 15) is 0 Å². The second-order valence-corrected chi connectivity index (χ2v) is 4.47. The van der Waals surface area contributed by atoms with Gasteiger partial charge in [0.15, 0.2) is 0 Å². The minimum Gasteiger partial charge on any atom is -0.331 e. The number of H-pyrrole nitrogens is 1. The summed E-state index contributed by atoms with van der Waals surface area (Å²) in [6, 6.07) is 3.51. The van der Waals surface area contributed by atoms with Gasteiger partial charge in [0.05, 0.1) is 15.7 Å². The van der Waals surface area contributed by atoms with Gasteiger partial charge in [0.2, 0.25) is 5.95 Å². The number of benzene rings is 1. The largest absolute Gasteiger partial charge is 0.331 e. The van der Waals surface area contributed by atoms with Crippen LogP contribution in [0.4, 0.5) is 11.6 Å². The average Bonchev–Trinajstić information content (AvgIpc) is 2.77. The Morgan fingerprint density at radius 1 is 1.38 bits per heavy atom. The smallest absolute Gasteiger partial charge is 0.207 e. The summed E-state index contributed by atoms with van der Waals surface area (Å²) in [5, 5.41) is 1.07. The van der Waals surface area contributed by atoms with Crippen LogP contribution < -0.4 is 4.90 Å². The highest BCUT2D eigenvalue weighted by molar-refractivity contribution is 7.80. The number of rotatable bonds is 2. The van der Waals surface area contributed by atoms with Gasteiger partial charge in [0.25, 0.3) is 0 Å². The third-order valence-corrected chi connectivity index (χ3v) is 3.38. The highest BCUT2D eigenvalue weighted by Crippen LogP contribution is 2.39. The van der Waals surface area contributed by atoms with E-state index in [2.05, 4.69) is 22.6 Å². The van der Waals surface area contributed by atoms with Crippen molar-refractivity contribution in [3.8, 4) is 0 Å². The van der Waals surface area contributed by atoms with Gasteiger partial charge in [-0.3, -0.25) is 0 Å². The fourth-order valence-electron chi connectivity index (χ4n) is 1.38. The molecule has 84 valence electrons. The molecule has 0 unspecified atom stereocenters. The second kappa shape index (κ2) is 4.57. The molecule has 6 heteroatoms. The summed E-state index contributed by atoms with van der Waals surface area (Å²) in [7, 11) is 1.83. The molecule has 1 heterocycles. The number of nitrogens with zero attached hydrogens (tertiary/aromatic N) is 2. The predicted molar refractivity (Wildman–Crippen MR) is 70.4 cm³/mol. The molecular weight excluding hydrogens is 265 g/mol. The number of nitrogens with one attached hydrogen (secondary N) is 1. The Labute approximate surface area is 109 Å². The van der Waals surface area contributed by atoms with Gasteiger partial charge in [-0.25, -0.2) is 4.98 Å². The Hall–Kier alpha value is -0.840. The van der Waals surface area contributed by atoms with Gasteiger partial charge in [-0.15, -0.1) is 12.6 Å². The van der Waals surface area contributed by atoms with E-state index in [0.717, 1.165) is 0 Å². The number of halogens is 2. The zero-order chi connectivity index (χ0) is 11.7. The summed E-state index contributed by atoms with van der Waals surface area (Å²) in [6.07, 6.45) is 3.40. The normalized spacial score (nSPS) is 10.5. The summed E-state index contributed by atoms with van der Waals surface area (Å²) < 4.78 is 0. The van der Waals surface area contributed by atoms with Gasteiger partial charge in [-0.1, -0.05) is 23.2 Å². The SMILES string of the molecule is CN(c1ncc[nH]1)c1c(Cl)ccc(S)c1Cl. The highest BCUT2D eigenvalue weighted by Gasteiger charge is 2.15. The molecular formula is C10H9Cl2N3S. The van der Waals surface area contributed by atoms with E-state index in [4.69, 9.17) is 23.2 Å². The van der Waals surface area contributed by atoms with Gasteiger partial charge < -0.3 is 9.88 Å². The van der Waals surface area contributed by atoms with Crippen LogP contribution in [0.15, 0.2) is 29.4 Å². The lowest BCUT2D eigenvalue weighted by Gasteiger charge is -2.19. The molecule has 2 rings (SSSR count). The monoisotopic (exact) mass is 273 g/mol. The summed E-state index contributed by atoms with van der Waals surface area (Å²) in [6.45, 7) is 0. The van der Waals surface area contributed by atoms with Crippen LogP contribution in [-0.2, 0) is 0 Å². The van der Waals surface area contributed by atoms with Crippen LogP contribution in [0.2, 0.25) is 10.0 Å². The molecule has 0 aliphatic carbocycles. The van der Waals surface area contributed by atoms with Crippen molar-refractivity contribution in [3.05, 3.63) is 34.6 Å². The number of hydrogen-bond acceptors (Lipinski definition) is 3. The number of aromatic nitrogens is 2. The maximum atomic E-state index is 6.17. The van der Waals surface area contributed by atoms with E-state index < -0.39 is 0 Å². The highest BCUT2D eigenvalue weighted by atomic mass is 35.5. The molecule has 0 aliphatic heterocycles. The molecule has 2 aromatic rings. The van der Waals surface area contributed by atoms with E-state index in [-0.39, 0.29) is 0 Å². The van der Waals surface area contributed by atoms with Crippen LogP contribution in [0.3, 0.4) is 0 Å². The summed E-state index contributed by atoms with van der Waals surface area (Å²) >= 11 is 16.5. The van der Waals surface area contributed by atoms with Crippen molar-refractivity contribution in [2.45, 2.75) is 4.90 Å². The lowest BCUT2D eigenvalue weighted by Crippen LogP contribution is -2.12. The molecule has 1 aromatic heterocycles. The van der Waals surface area contributed by atoms with Gasteiger partial charge in [0.1, 0.15) is 0 Å². The minimum absolute atomic E-state index is 0.509. The number of hydrogen-bond donors (Lipinski definition) is 2. The van der Waals surface area contributed by atoms with Crippen LogP contribution in [0.5, 0.6) is 0 Å². The van der Waals surface area contributed by atoms with Gasteiger partial charge in [-0.05, 0) is 12.1 Å².